The zero-order valence-electron chi connectivity index (χ0n) is 11.3. The maximum absolute atomic E-state index is 13.9. The predicted octanol–water partition coefficient (Wildman–Crippen LogP) is 3.03. The SMILES string of the molecule is CCC(C)CN(C)c1c(F)cccc1CNC. The van der Waals surface area contributed by atoms with Crippen molar-refractivity contribution < 1.29 is 4.39 Å². The highest BCUT2D eigenvalue weighted by Crippen LogP contribution is 2.24. The molecular formula is C14H23FN2. The summed E-state index contributed by atoms with van der Waals surface area (Å²) in [5.74, 6) is 0.436. The van der Waals surface area contributed by atoms with Crippen LogP contribution in [0.4, 0.5) is 10.1 Å². The van der Waals surface area contributed by atoms with Crippen LogP contribution >= 0.6 is 0 Å². The molecule has 1 unspecified atom stereocenters. The van der Waals surface area contributed by atoms with Crippen LogP contribution in [0.25, 0.3) is 0 Å². The first kappa shape index (κ1) is 14.0. The van der Waals surface area contributed by atoms with Gasteiger partial charge in [0, 0.05) is 20.1 Å². The van der Waals surface area contributed by atoms with E-state index in [4.69, 9.17) is 0 Å². The van der Waals surface area contributed by atoms with Gasteiger partial charge < -0.3 is 10.2 Å². The van der Waals surface area contributed by atoms with E-state index in [0.717, 1.165) is 24.2 Å². The number of hydrogen-bond donors (Lipinski definition) is 1. The van der Waals surface area contributed by atoms with Crippen LogP contribution in [0.5, 0.6) is 0 Å². The minimum Gasteiger partial charge on any atom is -0.372 e. The van der Waals surface area contributed by atoms with Crippen molar-refractivity contribution in [3.8, 4) is 0 Å². The van der Waals surface area contributed by atoms with E-state index in [9.17, 15) is 4.39 Å². The summed E-state index contributed by atoms with van der Waals surface area (Å²) in [5.41, 5.74) is 1.74. The molecule has 1 rings (SSSR count). The lowest BCUT2D eigenvalue weighted by atomic mass is 10.1. The number of nitrogens with one attached hydrogen (secondary N) is 1. The maximum atomic E-state index is 13.9. The van der Waals surface area contributed by atoms with Crippen molar-refractivity contribution in [3.63, 3.8) is 0 Å². The zero-order valence-corrected chi connectivity index (χ0v) is 11.3. The highest BCUT2D eigenvalue weighted by molar-refractivity contribution is 5.54. The molecule has 0 aliphatic heterocycles. The molecule has 0 radical (unpaired) electrons. The standard InChI is InChI=1S/C14H23FN2/c1-5-11(2)10-17(4)14-12(9-16-3)7-6-8-13(14)15/h6-8,11,16H,5,9-10H2,1-4H3. The van der Waals surface area contributed by atoms with E-state index in [1.165, 1.54) is 6.07 Å². The number of nitrogens with zero attached hydrogens (tertiary/aromatic N) is 1. The average molecular weight is 238 g/mol. The van der Waals surface area contributed by atoms with Crippen LogP contribution in [0.3, 0.4) is 0 Å². The molecule has 1 atom stereocenters. The Labute approximate surface area is 104 Å². The van der Waals surface area contributed by atoms with Crippen LogP contribution < -0.4 is 10.2 Å². The lowest BCUT2D eigenvalue weighted by Gasteiger charge is -2.25. The number of benzene rings is 1. The monoisotopic (exact) mass is 238 g/mol. The van der Waals surface area contributed by atoms with Crippen molar-refractivity contribution in [2.75, 3.05) is 25.5 Å². The van der Waals surface area contributed by atoms with Gasteiger partial charge in [-0.05, 0) is 24.6 Å². The molecule has 0 aromatic heterocycles. The molecule has 3 heteroatoms. The van der Waals surface area contributed by atoms with Gasteiger partial charge in [0.25, 0.3) is 0 Å². The number of para-hydroxylation sites is 1. The van der Waals surface area contributed by atoms with Gasteiger partial charge in [-0.25, -0.2) is 4.39 Å². The molecule has 0 saturated carbocycles. The fourth-order valence-electron chi connectivity index (χ4n) is 2.01. The smallest absolute Gasteiger partial charge is 0.146 e. The van der Waals surface area contributed by atoms with Crippen LogP contribution in [-0.2, 0) is 6.54 Å². The molecule has 1 N–H and O–H groups in total. The van der Waals surface area contributed by atoms with Gasteiger partial charge in [0.2, 0.25) is 0 Å². The van der Waals surface area contributed by atoms with Crippen LogP contribution in [0, 0.1) is 11.7 Å². The van der Waals surface area contributed by atoms with Gasteiger partial charge in [0.15, 0.2) is 0 Å². The number of anilines is 1. The molecule has 1 aromatic carbocycles. The summed E-state index contributed by atoms with van der Waals surface area (Å²) in [5, 5.41) is 3.08. The van der Waals surface area contributed by atoms with Crippen LogP contribution in [0.15, 0.2) is 18.2 Å². The Morgan fingerprint density at radius 1 is 1.41 bits per heavy atom. The van der Waals surface area contributed by atoms with Crippen molar-refractivity contribution in [1.82, 2.24) is 5.32 Å². The normalized spacial score (nSPS) is 12.5. The molecule has 2 nitrogen and oxygen atoms in total. The fraction of sp³-hybridized carbons (Fsp3) is 0.571. The second kappa shape index (κ2) is 6.60. The lowest BCUT2D eigenvalue weighted by molar-refractivity contribution is 0.548. The first-order chi connectivity index (χ1) is 8.10. The zero-order chi connectivity index (χ0) is 12.8. The average Bonchev–Trinajstić information content (AvgIpc) is 2.29. The summed E-state index contributed by atoms with van der Waals surface area (Å²) < 4.78 is 13.9. The van der Waals surface area contributed by atoms with Crippen LogP contribution in [0.1, 0.15) is 25.8 Å². The minimum atomic E-state index is -0.136. The Bertz CT molecular complexity index is 352. The Kier molecular flexibility index (Phi) is 5.42. The third kappa shape index (κ3) is 3.70. The topological polar surface area (TPSA) is 15.3 Å². The largest absolute Gasteiger partial charge is 0.372 e. The van der Waals surface area contributed by atoms with Gasteiger partial charge in [-0.1, -0.05) is 32.4 Å². The molecule has 0 fully saturated rings. The van der Waals surface area contributed by atoms with Crippen molar-refractivity contribution >= 4 is 5.69 Å². The molecule has 0 aliphatic carbocycles. The minimum absolute atomic E-state index is 0.136. The van der Waals surface area contributed by atoms with Gasteiger partial charge in [-0.15, -0.1) is 0 Å². The van der Waals surface area contributed by atoms with Crippen molar-refractivity contribution in [1.29, 1.82) is 0 Å². The summed E-state index contributed by atoms with van der Waals surface area (Å²) in [7, 11) is 3.84. The molecule has 0 bridgehead atoms. The second-order valence-electron chi connectivity index (χ2n) is 4.67. The Balaban J connectivity index is 2.93. The number of hydrogen-bond acceptors (Lipinski definition) is 2. The summed E-state index contributed by atoms with van der Waals surface area (Å²) >= 11 is 0. The van der Waals surface area contributed by atoms with Crippen LogP contribution in [0.2, 0.25) is 0 Å². The van der Waals surface area contributed by atoms with Crippen molar-refractivity contribution in [3.05, 3.63) is 29.6 Å². The van der Waals surface area contributed by atoms with E-state index >= 15 is 0 Å². The Hall–Kier alpha value is -1.09. The molecule has 0 saturated heterocycles. The molecule has 0 spiro atoms. The third-order valence-corrected chi connectivity index (χ3v) is 3.10. The first-order valence-corrected chi connectivity index (χ1v) is 6.23. The first-order valence-electron chi connectivity index (χ1n) is 6.23. The summed E-state index contributed by atoms with van der Waals surface area (Å²) in [6.45, 7) is 5.93. The molecular weight excluding hydrogens is 215 g/mol. The van der Waals surface area contributed by atoms with Crippen LogP contribution in [-0.4, -0.2) is 20.6 Å². The lowest BCUT2D eigenvalue weighted by Crippen LogP contribution is -2.26. The Morgan fingerprint density at radius 3 is 2.71 bits per heavy atom. The molecule has 0 aliphatic rings. The summed E-state index contributed by atoms with van der Waals surface area (Å²) in [4.78, 5) is 2.02. The predicted molar refractivity (Wildman–Crippen MR) is 71.9 cm³/mol. The highest BCUT2D eigenvalue weighted by Gasteiger charge is 2.14. The van der Waals surface area contributed by atoms with E-state index in [-0.39, 0.29) is 5.82 Å². The van der Waals surface area contributed by atoms with E-state index in [1.807, 2.05) is 25.1 Å². The summed E-state index contributed by atoms with van der Waals surface area (Å²) in [6, 6.07) is 5.27. The van der Waals surface area contributed by atoms with Crippen molar-refractivity contribution in [2.24, 2.45) is 5.92 Å². The van der Waals surface area contributed by atoms with Gasteiger partial charge in [0.05, 0.1) is 5.69 Å². The molecule has 0 heterocycles. The van der Waals surface area contributed by atoms with E-state index < -0.39 is 0 Å². The maximum Gasteiger partial charge on any atom is 0.146 e. The van der Waals surface area contributed by atoms with E-state index in [0.29, 0.717) is 12.5 Å². The molecule has 17 heavy (non-hydrogen) atoms. The number of halogens is 1. The third-order valence-electron chi connectivity index (χ3n) is 3.10. The van der Waals surface area contributed by atoms with Gasteiger partial charge in [-0.3, -0.25) is 0 Å². The Morgan fingerprint density at radius 2 is 2.12 bits per heavy atom. The molecule has 0 amide bonds. The van der Waals surface area contributed by atoms with Gasteiger partial charge in [0.1, 0.15) is 5.82 Å². The fourth-order valence-corrected chi connectivity index (χ4v) is 2.01. The van der Waals surface area contributed by atoms with Gasteiger partial charge >= 0.3 is 0 Å². The second-order valence-corrected chi connectivity index (χ2v) is 4.67. The quantitative estimate of drug-likeness (QED) is 0.819. The summed E-state index contributed by atoms with van der Waals surface area (Å²) in [6.07, 6.45) is 1.11. The molecule has 96 valence electrons. The van der Waals surface area contributed by atoms with Gasteiger partial charge in [-0.2, -0.15) is 0 Å². The van der Waals surface area contributed by atoms with E-state index in [2.05, 4.69) is 19.2 Å². The number of rotatable bonds is 6. The van der Waals surface area contributed by atoms with E-state index in [1.54, 1.807) is 6.07 Å². The van der Waals surface area contributed by atoms with Crippen molar-refractivity contribution in [2.45, 2.75) is 26.8 Å². The highest BCUT2D eigenvalue weighted by atomic mass is 19.1. The molecule has 1 aromatic rings.